The van der Waals surface area contributed by atoms with Gasteiger partial charge in [0.15, 0.2) is 11.5 Å². The Balaban J connectivity index is 2.83. The lowest BCUT2D eigenvalue weighted by Gasteiger charge is -2.22. The van der Waals surface area contributed by atoms with Crippen LogP contribution in [0.4, 0.5) is 0 Å². The fraction of sp³-hybridized carbons (Fsp3) is 0.565. The van der Waals surface area contributed by atoms with E-state index in [9.17, 15) is 19.2 Å². The SMILES string of the molecule is CCCC(=O)OC(C)[C@H](C)OC(=O)[C@@H](N)Cc1ccc(OC(=O)CC)c(OC(=O)CC)c1. The third-order valence-electron chi connectivity index (χ3n) is 4.53. The molecular formula is C23H33NO8. The molecule has 0 amide bonds. The molecule has 3 atom stereocenters. The van der Waals surface area contributed by atoms with Crippen molar-refractivity contribution in [3.05, 3.63) is 23.8 Å². The monoisotopic (exact) mass is 451 g/mol. The number of nitrogens with two attached hydrogens (primary N) is 1. The van der Waals surface area contributed by atoms with Crippen LogP contribution >= 0.6 is 0 Å². The van der Waals surface area contributed by atoms with E-state index in [-0.39, 0.29) is 36.7 Å². The van der Waals surface area contributed by atoms with Gasteiger partial charge in [-0.25, -0.2) is 0 Å². The number of hydrogen-bond acceptors (Lipinski definition) is 9. The maximum Gasteiger partial charge on any atom is 0.323 e. The van der Waals surface area contributed by atoms with Crippen LogP contribution in [0.5, 0.6) is 11.5 Å². The Kier molecular flexibility index (Phi) is 11.4. The Bertz CT molecular complexity index is 807. The van der Waals surface area contributed by atoms with Gasteiger partial charge in [0.05, 0.1) is 0 Å². The fourth-order valence-corrected chi connectivity index (χ4v) is 2.50. The summed E-state index contributed by atoms with van der Waals surface area (Å²) in [5, 5.41) is 0. The summed E-state index contributed by atoms with van der Waals surface area (Å²) in [5.41, 5.74) is 6.57. The molecule has 1 unspecified atom stereocenters. The van der Waals surface area contributed by atoms with Crippen molar-refractivity contribution in [2.24, 2.45) is 5.73 Å². The normalized spacial score (nSPS) is 13.4. The summed E-state index contributed by atoms with van der Waals surface area (Å²) >= 11 is 0. The molecule has 1 rings (SSSR count). The van der Waals surface area contributed by atoms with Gasteiger partial charge in [-0.15, -0.1) is 0 Å². The average Bonchev–Trinajstić information content (AvgIpc) is 2.75. The van der Waals surface area contributed by atoms with Crippen molar-refractivity contribution in [3.8, 4) is 11.5 Å². The van der Waals surface area contributed by atoms with Gasteiger partial charge in [0.1, 0.15) is 18.2 Å². The maximum absolute atomic E-state index is 12.4. The van der Waals surface area contributed by atoms with Crippen molar-refractivity contribution in [2.75, 3.05) is 0 Å². The zero-order chi connectivity index (χ0) is 24.3. The second kappa shape index (κ2) is 13.5. The van der Waals surface area contributed by atoms with Gasteiger partial charge >= 0.3 is 23.9 Å². The molecule has 0 aliphatic rings. The number of rotatable bonds is 12. The highest BCUT2D eigenvalue weighted by molar-refractivity contribution is 5.77. The van der Waals surface area contributed by atoms with Crippen molar-refractivity contribution < 1.29 is 38.1 Å². The Morgan fingerprint density at radius 1 is 0.844 bits per heavy atom. The third-order valence-corrected chi connectivity index (χ3v) is 4.53. The van der Waals surface area contributed by atoms with Gasteiger partial charge in [-0.1, -0.05) is 26.8 Å². The van der Waals surface area contributed by atoms with Gasteiger partial charge in [0.2, 0.25) is 0 Å². The molecule has 0 aliphatic heterocycles. The summed E-state index contributed by atoms with van der Waals surface area (Å²) < 4.78 is 21.0. The molecule has 0 saturated heterocycles. The number of esters is 4. The highest BCUT2D eigenvalue weighted by Gasteiger charge is 2.24. The molecule has 0 bridgehead atoms. The van der Waals surface area contributed by atoms with Gasteiger partial charge in [-0.05, 0) is 44.4 Å². The summed E-state index contributed by atoms with van der Waals surface area (Å²) in [4.78, 5) is 47.4. The molecule has 9 heteroatoms. The summed E-state index contributed by atoms with van der Waals surface area (Å²) in [6, 6.07) is 3.59. The van der Waals surface area contributed by atoms with Crippen LogP contribution < -0.4 is 15.2 Å². The fourth-order valence-electron chi connectivity index (χ4n) is 2.50. The molecule has 2 N–H and O–H groups in total. The largest absolute Gasteiger partial charge is 0.459 e. The highest BCUT2D eigenvalue weighted by atomic mass is 16.6. The summed E-state index contributed by atoms with van der Waals surface area (Å²) in [5.74, 6) is -1.82. The Morgan fingerprint density at radius 2 is 1.41 bits per heavy atom. The number of carbonyl (C=O) groups is 4. The van der Waals surface area contributed by atoms with E-state index in [2.05, 4.69) is 0 Å². The average molecular weight is 452 g/mol. The molecule has 0 aliphatic carbocycles. The Hall–Kier alpha value is -2.94. The number of ether oxygens (including phenoxy) is 4. The molecule has 1 aromatic carbocycles. The predicted molar refractivity (Wildman–Crippen MR) is 116 cm³/mol. The molecule has 0 aromatic heterocycles. The molecule has 0 fully saturated rings. The third kappa shape index (κ3) is 9.05. The van der Waals surface area contributed by atoms with E-state index < -0.39 is 36.2 Å². The first-order valence-corrected chi connectivity index (χ1v) is 10.8. The Labute approximate surface area is 188 Å². The molecule has 32 heavy (non-hydrogen) atoms. The van der Waals surface area contributed by atoms with Crippen LogP contribution in [0.3, 0.4) is 0 Å². The van der Waals surface area contributed by atoms with Crippen molar-refractivity contribution in [1.29, 1.82) is 0 Å². The van der Waals surface area contributed by atoms with Crippen molar-refractivity contribution in [1.82, 2.24) is 0 Å². The maximum atomic E-state index is 12.4. The van der Waals surface area contributed by atoms with E-state index in [1.807, 2.05) is 6.92 Å². The summed E-state index contributed by atoms with van der Waals surface area (Å²) in [6.07, 6.45) is 0.0494. The number of benzene rings is 1. The quantitative estimate of drug-likeness (QED) is 0.376. The van der Waals surface area contributed by atoms with Crippen LogP contribution in [-0.4, -0.2) is 42.1 Å². The predicted octanol–water partition coefficient (Wildman–Crippen LogP) is 2.85. The molecule has 9 nitrogen and oxygen atoms in total. The van der Waals surface area contributed by atoms with Crippen molar-refractivity contribution >= 4 is 23.9 Å². The molecule has 0 spiro atoms. The summed E-state index contributed by atoms with van der Waals surface area (Å²) in [7, 11) is 0. The van der Waals surface area contributed by atoms with Crippen LogP contribution in [0.1, 0.15) is 65.9 Å². The minimum atomic E-state index is -1.00. The standard InChI is InChI=1S/C23H33NO8/c1-6-9-22(27)29-14(4)15(5)30-23(28)17(24)12-16-10-11-18(31-20(25)7-2)19(13-16)32-21(26)8-3/h10-11,13-15,17H,6-9,12,24H2,1-5H3/t14?,15-,17-/m0/s1. The smallest absolute Gasteiger partial charge is 0.323 e. The molecule has 178 valence electrons. The van der Waals surface area contributed by atoms with Crippen LogP contribution in [-0.2, 0) is 35.1 Å². The lowest BCUT2D eigenvalue weighted by atomic mass is 10.1. The number of carbonyl (C=O) groups excluding carboxylic acids is 4. The minimum Gasteiger partial charge on any atom is -0.459 e. The molecular weight excluding hydrogens is 418 g/mol. The second-order valence-corrected chi connectivity index (χ2v) is 7.33. The van der Waals surface area contributed by atoms with Crippen molar-refractivity contribution in [3.63, 3.8) is 0 Å². The zero-order valence-electron chi connectivity index (χ0n) is 19.3. The van der Waals surface area contributed by atoms with E-state index in [0.717, 1.165) is 0 Å². The molecule has 0 heterocycles. The van der Waals surface area contributed by atoms with Crippen molar-refractivity contribution in [2.45, 2.75) is 85.0 Å². The lowest BCUT2D eigenvalue weighted by molar-refractivity contribution is -0.166. The molecule has 0 radical (unpaired) electrons. The first-order chi connectivity index (χ1) is 15.1. The van der Waals surface area contributed by atoms with Gasteiger partial charge in [0, 0.05) is 19.3 Å². The van der Waals surface area contributed by atoms with Crippen LogP contribution in [0, 0.1) is 0 Å². The Morgan fingerprint density at radius 3 is 1.97 bits per heavy atom. The van der Waals surface area contributed by atoms with E-state index in [1.54, 1.807) is 33.8 Å². The first kappa shape index (κ1) is 27.1. The first-order valence-electron chi connectivity index (χ1n) is 10.8. The topological polar surface area (TPSA) is 131 Å². The lowest BCUT2D eigenvalue weighted by Crippen LogP contribution is -2.39. The van der Waals surface area contributed by atoms with E-state index in [4.69, 9.17) is 24.7 Å². The number of hydrogen-bond donors (Lipinski definition) is 1. The summed E-state index contributed by atoms with van der Waals surface area (Å²) in [6.45, 7) is 8.40. The van der Waals surface area contributed by atoms with Crippen LogP contribution in [0.15, 0.2) is 18.2 Å². The van der Waals surface area contributed by atoms with E-state index in [0.29, 0.717) is 18.4 Å². The highest BCUT2D eigenvalue weighted by Crippen LogP contribution is 2.30. The van der Waals surface area contributed by atoms with Crippen LogP contribution in [0.2, 0.25) is 0 Å². The van der Waals surface area contributed by atoms with Gasteiger partial charge in [-0.3, -0.25) is 19.2 Å². The molecule has 0 saturated carbocycles. The second-order valence-electron chi connectivity index (χ2n) is 7.33. The van der Waals surface area contributed by atoms with E-state index >= 15 is 0 Å². The minimum absolute atomic E-state index is 0.0709. The zero-order valence-corrected chi connectivity index (χ0v) is 19.3. The molecule has 1 aromatic rings. The van der Waals surface area contributed by atoms with E-state index in [1.165, 1.54) is 12.1 Å². The van der Waals surface area contributed by atoms with Gasteiger partial charge in [-0.2, -0.15) is 0 Å². The van der Waals surface area contributed by atoms with Crippen LogP contribution in [0.25, 0.3) is 0 Å². The van der Waals surface area contributed by atoms with Gasteiger partial charge in [0.25, 0.3) is 0 Å². The van der Waals surface area contributed by atoms with Gasteiger partial charge < -0.3 is 24.7 Å².